The summed E-state index contributed by atoms with van der Waals surface area (Å²) in [5.74, 6) is 0.313. The topological polar surface area (TPSA) is 49.4 Å². The van der Waals surface area contributed by atoms with E-state index in [9.17, 15) is 9.59 Å². The lowest BCUT2D eigenvalue weighted by molar-refractivity contribution is -0.122. The molecular weight excluding hydrogens is 420 g/mol. The monoisotopic (exact) mass is 454 g/mol. The lowest BCUT2D eigenvalue weighted by Gasteiger charge is -2.27. The number of nitrogens with zero attached hydrogens (tertiary/aromatic N) is 1. The van der Waals surface area contributed by atoms with Crippen LogP contribution in [0.4, 0.5) is 5.69 Å². The Morgan fingerprint density at radius 3 is 2.32 bits per heavy atom. The van der Waals surface area contributed by atoms with Crippen LogP contribution in [0.3, 0.4) is 0 Å². The van der Waals surface area contributed by atoms with E-state index in [0.717, 1.165) is 48.1 Å². The molecule has 3 aromatic rings. The molecule has 4 heteroatoms. The zero-order chi connectivity index (χ0) is 23.9. The maximum atomic E-state index is 13.4. The first-order valence-corrected chi connectivity index (χ1v) is 12.3. The molecule has 4 rings (SSSR count). The summed E-state index contributed by atoms with van der Waals surface area (Å²) in [6.07, 6.45) is 4.53. The molecule has 1 aliphatic carbocycles. The Morgan fingerprint density at radius 2 is 1.62 bits per heavy atom. The van der Waals surface area contributed by atoms with Crippen LogP contribution in [0, 0.1) is 19.8 Å². The number of hydrogen-bond acceptors (Lipinski definition) is 2. The Hall–Kier alpha value is -3.40. The lowest BCUT2D eigenvalue weighted by atomic mass is 10.0. The molecule has 34 heavy (non-hydrogen) atoms. The van der Waals surface area contributed by atoms with Crippen LogP contribution < -0.4 is 10.2 Å². The SMILES string of the molecule is Cc1cccc(CNC(=O)Cc2ccc(N(Cc3ccccc3C)C(=O)C3CCCC3)cc2)c1. The minimum Gasteiger partial charge on any atom is -0.352 e. The number of hydrogen-bond donors (Lipinski definition) is 1. The van der Waals surface area contributed by atoms with Crippen molar-refractivity contribution in [1.82, 2.24) is 5.32 Å². The van der Waals surface area contributed by atoms with Crippen LogP contribution in [-0.4, -0.2) is 11.8 Å². The van der Waals surface area contributed by atoms with Crippen molar-refractivity contribution in [2.45, 2.75) is 59.0 Å². The molecule has 1 saturated carbocycles. The molecule has 0 aliphatic heterocycles. The van der Waals surface area contributed by atoms with Gasteiger partial charge in [0, 0.05) is 18.2 Å². The fourth-order valence-electron chi connectivity index (χ4n) is 4.71. The van der Waals surface area contributed by atoms with E-state index >= 15 is 0 Å². The van der Waals surface area contributed by atoms with E-state index in [1.165, 1.54) is 11.1 Å². The van der Waals surface area contributed by atoms with Crippen LogP contribution >= 0.6 is 0 Å². The summed E-state index contributed by atoms with van der Waals surface area (Å²) < 4.78 is 0. The quantitative estimate of drug-likeness (QED) is 0.462. The zero-order valence-electron chi connectivity index (χ0n) is 20.2. The number of carbonyl (C=O) groups excluding carboxylic acids is 2. The predicted octanol–water partition coefficient (Wildman–Crippen LogP) is 5.89. The molecule has 1 aliphatic rings. The summed E-state index contributed by atoms with van der Waals surface area (Å²) in [6.45, 7) is 5.23. The van der Waals surface area contributed by atoms with Crippen molar-refractivity contribution in [3.63, 3.8) is 0 Å². The summed E-state index contributed by atoms with van der Waals surface area (Å²) >= 11 is 0. The molecule has 1 N–H and O–H groups in total. The molecule has 176 valence electrons. The largest absolute Gasteiger partial charge is 0.352 e. The van der Waals surface area contributed by atoms with Crippen LogP contribution in [0.15, 0.2) is 72.8 Å². The van der Waals surface area contributed by atoms with Gasteiger partial charge >= 0.3 is 0 Å². The number of aryl methyl sites for hydroxylation is 2. The van der Waals surface area contributed by atoms with E-state index in [4.69, 9.17) is 0 Å². The smallest absolute Gasteiger partial charge is 0.230 e. The van der Waals surface area contributed by atoms with Crippen LogP contribution in [0.1, 0.15) is 53.5 Å². The highest BCUT2D eigenvalue weighted by molar-refractivity contribution is 5.95. The number of nitrogens with one attached hydrogen (secondary N) is 1. The van der Waals surface area contributed by atoms with Crippen LogP contribution in [-0.2, 0) is 29.1 Å². The summed E-state index contributed by atoms with van der Waals surface area (Å²) in [4.78, 5) is 27.8. The molecule has 0 unspecified atom stereocenters. The Morgan fingerprint density at radius 1 is 0.882 bits per heavy atom. The molecule has 0 bridgehead atoms. The van der Waals surface area contributed by atoms with E-state index in [-0.39, 0.29) is 17.7 Å². The average molecular weight is 455 g/mol. The number of anilines is 1. The van der Waals surface area contributed by atoms with E-state index in [2.05, 4.69) is 30.4 Å². The Kier molecular flexibility index (Phi) is 7.79. The third kappa shape index (κ3) is 6.13. The standard InChI is InChI=1S/C30H34N2O2/c1-22-8-7-10-25(18-22)20-31-29(33)19-24-14-16-28(17-15-24)32(30(34)26-11-5-6-12-26)21-27-13-4-3-9-23(27)2/h3-4,7-10,13-18,26H,5-6,11-12,19-21H2,1-2H3,(H,31,33). The van der Waals surface area contributed by atoms with Crippen molar-refractivity contribution in [2.75, 3.05) is 4.90 Å². The molecule has 0 aromatic heterocycles. The van der Waals surface area contributed by atoms with Crippen LogP contribution in [0.25, 0.3) is 0 Å². The van der Waals surface area contributed by atoms with E-state index in [0.29, 0.717) is 19.5 Å². The number of rotatable bonds is 8. The van der Waals surface area contributed by atoms with Gasteiger partial charge in [0.25, 0.3) is 0 Å². The van der Waals surface area contributed by atoms with Crippen molar-refractivity contribution >= 4 is 17.5 Å². The fraction of sp³-hybridized carbons (Fsp3) is 0.333. The second-order valence-corrected chi connectivity index (χ2v) is 9.44. The Bertz CT molecular complexity index is 1130. The third-order valence-corrected chi connectivity index (χ3v) is 6.75. The van der Waals surface area contributed by atoms with Crippen LogP contribution in [0.5, 0.6) is 0 Å². The summed E-state index contributed by atoms with van der Waals surface area (Å²) in [7, 11) is 0. The number of amides is 2. The van der Waals surface area contributed by atoms with Gasteiger partial charge in [0.15, 0.2) is 0 Å². The minimum absolute atomic E-state index is 0.00643. The molecular formula is C30H34N2O2. The van der Waals surface area contributed by atoms with Gasteiger partial charge < -0.3 is 10.2 Å². The maximum Gasteiger partial charge on any atom is 0.230 e. The second-order valence-electron chi connectivity index (χ2n) is 9.44. The Balaban J connectivity index is 1.44. The first kappa shape index (κ1) is 23.7. The average Bonchev–Trinajstić information content (AvgIpc) is 3.38. The zero-order valence-corrected chi connectivity index (χ0v) is 20.2. The van der Waals surface area contributed by atoms with Crippen molar-refractivity contribution < 1.29 is 9.59 Å². The second kappa shape index (κ2) is 11.1. The number of benzene rings is 3. The van der Waals surface area contributed by atoms with E-state index in [1.54, 1.807) is 0 Å². The molecule has 0 saturated heterocycles. The molecule has 2 amide bonds. The predicted molar refractivity (Wildman–Crippen MR) is 137 cm³/mol. The Labute approximate surface area is 203 Å². The summed E-state index contributed by atoms with van der Waals surface area (Å²) in [5.41, 5.74) is 6.46. The van der Waals surface area contributed by atoms with Crippen molar-refractivity contribution in [2.24, 2.45) is 5.92 Å². The third-order valence-electron chi connectivity index (χ3n) is 6.75. The first-order valence-electron chi connectivity index (χ1n) is 12.3. The van der Waals surface area contributed by atoms with Crippen LogP contribution in [0.2, 0.25) is 0 Å². The minimum atomic E-state index is -0.00643. The maximum absolute atomic E-state index is 13.4. The van der Waals surface area contributed by atoms with E-state index < -0.39 is 0 Å². The molecule has 0 atom stereocenters. The van der Waals surface area contributed by atoms with Crippen molar-refractivity contribution in [3.8, 4) is 0 Å². The molecule has 0 radical (unpaired) electrons. The van der Waals surface area contributed by atoms with Gasteiger partial charge in [-0.05, 0) is 61.1 Å². The highest BCUT2D eigenvalue weighted by Gasteiger charge is 2.28. The first-order chi connectivity index (χ1) is 16.5. The summed E-state index contributed by atoms with van der Waals surface area (Å²) in [5, 5.41) is 3.00. The highest BCUT2D eigenvalue weighted by atomic mass is 16.2. The van der Waals surface area contributed by atoms with Gasteiger partial charge in [-0.1, -0.05) is 79.1 Å². The van der Waals surface area contributed by atoms with Gasteiger partial charge in [-0.25, -0.2) is 0 Å². The van der Waals surface area contributed by atoms with Gasteiger partial charge in [0.1, 0.15) is 0 Å². The highest BCUT2D eigenvalue weighted by Crippen LogP contribution is 2.30. The molecule has 3 aromatic carbocycles. The van der Waals surface area contributed by atoms with Gasteiger partial charge in [0.2, 0.25) is 11.8 Å². The lowest BCUT2D eigenvalue weighted by Crippen LogP contribution is -2.35. The molecule has 0 heterocycles. The normalized spacial score (nSPS) is 13.6. The molecule has 1 fully saturated rings. The van der Waals surface area contributed by atoms with Gasteiger partial charge in [-0.3, -0.25) is 9.59 Å². The molecule has 4 nitrogen and oxygen atoms in total. The van der Waals surface area contributed by atoms with Crippen molar-refractivity contribution in [3.05, 3.63) is 101 Å². The summed E-state index contributed by atoms with van der Waals surface area (Å²) in [6, 6.07) is 24.3. The van der Waals surface area contributed by atoms with E-state index in [1.807, 2.05) is 66.4 Å². The van der Waals surface area contributed by atoms with Gasteiger partial charge in [0.05, 0.1) is 13.0 Å². The van der Waals surface area contributed by atoms with Gasteiger partial charge in [-0.15, -0.1) is 0 Å². The van der Waals surface area contributed by atoms with Crippen molar-refractivity contribution in [1.29, 1.82) is 0 Å². The number of carbonyl (C=O) groups is 2. The van der Waals surface area contributed by atoms with Gasteiger partial charge in [-0.2, -0.15) is 0 Å². The molecule has 0 spiro atoms. The fourth-order valence-corrected chi connectivity index (χ4v) is 4.71.